The molecule has 1 saturated heterocycles. The van der Waals surface area contributed by atoms with Gasteiger partial charge in [-0.15, -0.1) is 0 Å². The van der Waals surface area contributed by atoms with Gasteiger partial charge < -0.3 is 10.0 Å². The molecular weight excluding hydrogens is 316 g/mol. The zero-order chi connectivity index (χ0) is 17.0. The third-order valence-corrected chi connectivity index (χ3v) is 4.84. The zero-order valence-electron chi connectivity index (χ0n) is 13.6. The molecule has 5 nitrogen and oxygen atoms in total. The highest BCUT2D eigenvalue weighted by atomic mass is 35.5. The Morgan fingerprint density at radius 2 is 2.00 bits per heavy atom. The molecule has 1 aliphatic rings. The number of carboxylic acid groups (broad SMARTS) is 1. The average molecular weight is 339 g/mol. The fraction of sp³-hybridized carbons (Fsp3) is 0.529. The van der Waals surface area contributed by atoms with Gasteiger partial charge in [0, 0.05) is 29.7 Å². The van der Waals surface area contributed by atoms with Crippen molar-refractivity contribution in [3.05, 3.63) is 34.3 Å². The van der Waals surface area contributed by atoms with Crippen LogP contribution >= 0.6 is 11.6 Å². The Labute approximate surface area is 141 Å². The second-order valence-electron chi connectivity index (χ2n) is 5.94. The van der Waals surface area contributed by atoms with Gasteiger partial charge in [0.25, 0.3) is 5.91 Å². The standard InChI is InChI=1S/C17H23ClN2O3/c1-3-19(11-16(21)22)14-6-8-20(9-7-14)17(23)13-4-5-15(18)12(2)10-13/h4-5,10,14H,3,6-9,11H2,1-2H3,(H,21,22). The largest absolute Gasteiger partial charge is 0.480 e. The molecule has 1 aliphatic heterocycles. The molecule has 126 valence electrons. The van der Waals surface area contributed by atoms with Gasteiger partial charge in [-0.3, -0.25) is 14.5 Å². The number of carbonyl (C=O) groups excluding carboxylic acids is 1. The van der Waals surface area contributed by atoms with E-state index in [2.05, 4.69) is 0 Å². The molecule has 0 spiro atoms. The molecule has 0 aromatic heterocycles. The summed E-state index contributed by atoms with van der Waals surface area (Å²) in [5, 5.41) is 9.63. The zero-order valence-corrected chi connectivity index (χ0v) is 14.3. The second-order valence-corrected chi connectivity index (χ2v) is 6.35. The van der Waals surface area contributed by atoms with Crippen LogP contribution in [0.2, 0.25) is 5.02 Å². The Bertz CT molecular complexity index is 583. The summed E-state index contributed by atoms with van der Waals surface area (Å²) in [4.78, 5) is 27.3. The summed E-state index contributed by atoms with van der Waals surface area (Å²) < 4.78 is 0. The molecule has 1 aromatic rings. The van der Waals surface area contributed by atoms with Crippen LogP contribution in [0.5, 0.6) is 0 Å². The lowest BCUT2D eigenvalue weighted by Crippen LogP contribution is -2.48. The van der Waals surface area contributed by atoms with Crippen molar-refractivity contribution in [3.63, 3.8) is 0 Å². The molecule has 0 saturated carbocycles. The number of likely N-dealkylation sites (tertiary alicyclic amines) is 1. The van der Waals surface area contributed by atoms with Crippen LogP contribution in [0.25, 0.3) is 0 Å². The second kappa shape index (κ2) is 7.79. The minimum atomic E-state index is -0.804. The van der Waals surface area contributed by atoms with E-state index in [-0.39, 0.29) is 18.5 Å². The SMILES string of the molecule is CCN(CC(=O)O)C1CCN(C(=O)c2ccc(Cl)c(C)c2)CC1. The number of likely N-dealkylation sites (N-methyl/N-ethyl adjacent to an activating group) is 1. The van der Waals surface area contributed by atoms with Crippen molar-refractivity contribution in [1.29, 1.82) is 0 Å². The van der Waals surface area contributed by atoms with E-state index in [0.29, 0.717) is 30.2 Å². The minimum Gasteiger partial charge on any atom is -0.480 e. The van der Waals surface area contributed by atoms with Crippen LogP contribution in [0.4, 0.5) is 0 Å². The Morgan fingerprint density at radius 3 is 2.52 bits per heavy atom. The smallest absolute Gasteiger partial charge is 0.317 e. The number of nitrogens with zero attached hydrogens (tertiary/aromatic N) is 2. The molecule has 23 heavy (non-hydrogen) atoms. The predicted molar refractivity (Wildman–Crippen MR) is 90.0 cm³/mol. The molecule has 1 aromatic carbocycles. The Kier molecular flexibility index (Phi) is 6.02. The first kappa shape index (κ1) is 17.8. The fourth-order valence-electron chi connectivity index (χ4n) is 3.07. The number of aryl methyl sites for hydroxylation is 1. The van der Waals surface area contributed by atoms with Crippen molar-refractivity contribution >= 4 is 23.5 Å². The lowest BCUT2D eigenvalue weighted by atomic mass is 10.0. The quantitative estimate of drug-likeness (QED) is 0.896. The van der Waals surface area contributed by atoms with Crippen molar-refractivity contribution in [2.24, 2.45) is 0 Å². The average Bonchev–Trinajstić information content (AvgIpc) is 2.54. The van der Waals surface area contributed by atoms with Gasteiger partial charge in [0.1, 0.15) is 0 Å². The molecule has 1 fully saturated rings. The Hall–Kier alpha value is -1.59. The summed E-state index contributed by atoms with van der Waals surface area (Å²) in [6.45, 7) is 5.93. The number of aliphatic carboxylic acids is 1. The number of carboxylic acids is 1. The number of hydrogen-bond donors (Lipinski definition) is 1. The molecule has 2 rings (SSSR count). The highest BCUT2D eigenvalue weighted by molar-refractivity contribution is 6.31. The fourth-order valence-corrected chi connectivity index (χ4v) is 3.18. The summed E-state index contributed by atoms with van der Waals surface area (Å²) in [6.07, 6.45) is 1.61. The number of piperidine rings is 1. The van der Waals surface area contributed by atoms with Crippen molar-refractivity contribution in [2.75, 3.05) is 26.2 Å². The van der Waals surface area contributed by atoms with Gasteiger partial charge in [-0.2, -0.15) is 0 Å². The first-order valence-corrected chi connectivity index (χ1v) is 8.31. The molecule has 0 bridgehead atoms. The highest BCUT2D eigenvalue weighted by Gasteiger charge is 2.27. The first-order valence-electron chi connectivity index (χ1n) is 7.93. The molecule has 0 radical (unpaired) electrons. The van der Waals surface area contributed by atoms with Crippen LogP contribution in [-0.4, -0.2) is 59.0 Å². The van der Waals surface area contributed by atoms with E-state index in [4.69, 9.17) is 16.7 Å². The van der Waals surface area contributed by atoms with Gasteiger partial charge in [0.05, 0.1) is 6.54 Å². The maximum Gasteiger partial charge on any atom is 0.317 e. The van der Waals surface area contributed by atoms with Crippen LogP contribution in [-0.2, 0) is 4.79 Å². The van der Waals surface area contributed by atoms with Crippen LogP contribution in [0.3, 0.4) is 0 Å². The Balaban J connectivity index is 1.96. The maximum absolute atomic E-state index is 12.6. The lowest BCUT2D eigenvalue weighted by Gasteiger charge is -2.37. The van der Waals surface area contributed by atoms with Gasteiger partial charge in [0.15, 0.2) is 0 Å². The van der Waals surface area contributed by atoms with Gasteiger partial charge in [-0.25, -0.2) is 0 Å². The number of rotatable bonds is 5. The van der Waals surface area contributed by atoms with Crippen LogP contribution in [0.15, 0.2) is 18.2 Å². The summed E-state index contributed by atoms with van der Waals surface area (Å²) in [5.41, 5.74) is 1.55. The molecule has 0 aliphatic carbocycles. The van der Waals surface area contributed by atoms with Gasteiger partial charge in [-0.05, 0) is 50.1 Å². The van der Waals surface area contributed by atoms with Gasteiger partial charge in [0.2, 0.25) is 0 Å². The third kappa shape index (κ3) is 4.45. The third-order valence-electron chi connectivity index (χ3n) is 4.42. The summed E-state index contributed by atoms with van der Waals surface area (Å²) >= 11 is 6.00. The van der Waals surface area contributed by atoms with Crippen molar-refractivity contribution in [2.45, 2.75) is 32.7 Å². The monoisotopic (exact) mass is 338 g/mol. The van der Waals surface area contributed by atoms with E-state index in [0.717, 1.165) is 18.4 Å². The van der Waals surface area contributed by atoms with E-state index in [9.17, 15) is 9.59 Å². The molecule has 1 N–H and O–H groups in total. The summed E-state index contributed by atoms with van der Waals surface area (Å²) in [6, 6.07) is 5.56. The minimum absolute atomic E-state index is 0.0181. The number of halogens is 1. The predicted octanol–water partition coefficient (Wildman–Crippen LogP) is 2.66. The first-order chi connectivity index (χ1) is 10.9. The van der Waals surface area contributed by atoms with Crippen LogP contribution in [0.1, 0.15) is 35.7 Å². The molecule has 1 heterocycles. The molecule has 6 heteroatoms. The van der Waals surface area contributed by atoms with E-state index in [1.54, 1.807) is 12.1 Å². The van der Waals surface area contributed by atoms with Crippen molar-refractivity contribution in [1.82, 2.24) is 9.80 Å². The van der Waals surface area contributed by atoms with E-state index < -0.39 is 5.97 Å². The van der Waals surface area contributed by atoms with Crippen molar-refractivity contribution < 1.29 is 14.7 Å². The molecular formula is C17H23ClN2O3. The number of carbonyl (C=O) groups is 2. The molecule has 1 amide bonds. The number of benzene rings is 1. The van der Waals surface area contributed by atoms with Gasteiger partial charge >= 0.3 is 5.97 Å². The van der Waals surface area contributed by atoms with E-state index in [1.807, 2.05) is 29.7 Å². The van der Waals surface area contributed by atoms with Crippen molar-refractivity contribution in [3.8, 4) is 0 Å². The summed E-state index contributed by atoms with van der Waals surface area (Å²) in [5.74, 6) is -0.786. The number of amides is 1. The Morgan fingerprint density at radius 1 is 1.35 bits per heavy atom. The van der Waals surface area contributed by atoms with E-state index >= 15 is 0 Å². The van der Waals surface area contributed by atoms with Gasteiger partial charge in [-0.1, -0.05) is 18.5 Å². The van der Waals surface area contributed by atoms with E-state index in [1.165, 1.54) is 0 Å². The summed E-state index contributed by atoms with van der Waals surface area (Å²) in [7, 11) is 0. The maximum atomic E-state index is 12.6. The normalized spacial score (nSPS) is 15.9. The lowest BCUT2D eigenvalue weighted by molar-refractivity contribution is -0.139. The highest BCUT2D eigenvalue weighted by Crippen LogP contribution is 2.21. The molecule has 0 atom stereocenters. The number of hydrogen-bond acceptors (Lipinski definition) is 3. The van der Waals surface area contributed by atoms with Crippen LogP contribution < -0.4 is 0 Å². The molecule has 0 unspecified atom stereocenters. The van der Waals surface area contributed by atoms with Crippen LogP contribution in [0, 0.1) is 6.92 Å². The topological polar surface area (TPSA) is 60.9 Å².